The van der Waals surface area contributed by atoms with E-state index in [9.17, 15) is 4.79 Å². The minimum atomic E-state index is -0.134. The van der Waals surface area contributed by atoms with Gasteiger partial charge in [-0.2, -0.15) is 0 Å². The van der Waals surface area contributed by atoms with Crippen LogP contribution in [0.25, 0.3) is 5.69 Å². The lowest BCUT2D eigenvalue weighted by Crippen LogP contribution is -2.24. The van der Waals surface area contributed by atoms with Gasteiger partial charge in [-0.25, -0.2) is 4.98 Å². The molecule has 26 heavy (non-hydrogen) atoms. The Morgan fingerprint density at radius 2 is 1.65 bits per heavy atom. The zero-order valence-corrected chi connectivity index (χ0v) is 15.5. The minimum absolute atomic E-state index is 0.134. The third-order valence-corrected chi connectivity index (χ3v) is 4.62. The molecule has 4 heteroatoms. The molecule has 0 aliphatic heterocycles. The highest BCUT2D eigenvalue weighted by Gasteiger charge is 2.10. The molecular weight excluding hydrogens is 322 g/mol. The maximum Gasteiger partial charge on any atom is 0.297 e. The lowest BCUT2D eigenvalue weighted by Gasteiger charge is -2.14. The van der Waals surface area contributed by atoms with E-state index in [2.05, 4.69) is 55.3 Å². The van der Waals surface area contributed by atoms with Crippen LogP contribution in [0.4, 0.5) is 5.82 Å². The van der Waals surface area contributed by atoms with Crippen molar-refractivity contribution in [2.45, 2.75) is 32.6 Å². The summed E-state index contributed by atoms with van der Waals surface area (Å²) in [4.78, 5) is 17.0. The summed E-state index contributed by atoms with van der Waals surface area (Å²) < 4.78 is 1.63. The zero-order chi connectivity index (χ0) is 18.5. The second-order valence-electron chi connectivity index (χ2n) is 6.89. The van der Waals surface area contributed by atoms with Crippen molar-refractivity contribution in [2.24, 2.45) is 0 Å². The monoisotopic (exact) mass is 347 g/mol. The molecule has 1 aromatic heterocycles. The number of rotatable bonds is 6. The van der Waals surface area contributed by atoms with E-state index in [0.29, 0.717) is 18.3 Å². The zero-order valence-electron chi connectivity index (χ0n) is 15.5. The molecule has 0 saturated carbocycles. The SMILES string of the molecule is CC(C)c1ccc(-n2ccnc(NCC(C)c3ccccc3)c2=O)cc1. The van der Waals surface area contributed by atoms with Crippen LogP contribution in [-0.2, 0) is 0 Å². The normalized spacial score (nSPS) is 12.2. The number of anilines is 1. The van der Waals surface area contributed by atoms with Crippen LogP contribution in [0.2, 0.25) is 0 Å². The van der Waals surface area contributed by atoms with Gasteiger partial charge < -0.3 is 5.32 Å². The van der Waals surface area contributed by atoms with Gasteiger partial charge in [-0.3, -0.25) is 9.36 Å². The van der Waals surface area contributed by atoms with Crippen molar-refractivity contribution < 1.29 is 0 Å². The van der Waals surface area contributed by atoms with Gasteiger partial charge in [-0.15, -0.1) is 0 Å². The van der Waals surface area contributed by atoms with Gasteiger partial charge in [0.05, 0.1) is 0 Å². The predicted molar refractivity (Wildman–Crippen MR) is 107 cm³/mol. The second kappa shape index (κ2) is 8.00. The Morgan fingerprint density at radius 3 is 2.31 bits per heavy atom. The molecule has 4 nitrogen and oxygen atoms in total. The molecule has 0 radical (unpaired) electrons. The van der Waals surface area contributed by atoms with Crippen LogP contribution >= 0.6 is 0 Å². The number of hydrogen-bond donors (Lipinski definition) is 1. The molecule has 1 unspecified atom stereocenters. The fourth-order valence-electron chi connectivity index (χ4n) is 2.91. The number of nitrogens with zero attached hydrogens (tertiary/aromatic N) is 2. The topological polar surface area (TPSA) is 46.9 Å². The summed E-state index contributed by atoms with van der Waals surface area (Å²) in [7, 11) is 0. The molecule has 1 N–H and O–H groups in total. The fourth-order valence-corrected chi connectivity index (χ4v) is 2.91. The first-order valence-corrected chi connectivity index (χ1v) is 9.03. The van der Waals surface area contributed by atoms with Gasteiger partial charge in [0, 0.05) is 24.6 Å². The van der Waals surface area contributed by atoms with Gasteiger partial charge in [0.1, 0.15) is 0 Å². The first kappa shape index (κ1) is 17.9. The van der Waals surface area contributed by atoms with E-state index in [1.54, 1.807) is 17.0 Å². The Labute approximate surface area is 154 Å². The Balaban J connectivity index is 1.78. The Kier molecular flexibility index (Phi) is 5.52. The van der Waals surface area contributed by atoms with Crippen molar-refractivity contribution >= 4 is 5.82 Å². The lowest BCUT2D eigenvalue weighted by atomic mass is 10.0. The van der Waals surface area contributed by atoms with Crippen molar-refractivity contribution in [3.8, 4) is 5.69 Å². The molecule has 0 bridgehead atoms. The number of benzene rings is 2. The van der Waals surface area contributed by atoms with Crippen LogP contribution in [0.5, 0.6) is 0 Å². The Bertz CT molecular complexity index is 899. The highest BCUT2D eigenvalue weighted by atomic mass is 16.1. The molecule has 0 amide bonds. The first-order chi connectivity index (χ1) is 12.6. The molecule has 3 aromatic rings. The van der Waals surface area contributed by atoms with Crippen LogP contribution in [0.15, 0.2) is 71.8 Å². The van der Waals surface area contributed by atoms with Crippen LogP contribution < -0.4 is 10.9 Å². The van der Waals surface area contributed by atoms with Gasteiger partial charge in [0.2, 0.25) is 0 Å². The molecule has 134 valence electrons. The molecule has 0 aliphatic rings. The Morgan fingerprint density at radius 1 is 0.962 bits per heavy atom. The van der Waals surface area contributed by atoms with E-state index in [-0.39, 0.29) is 11.5 Å². The maximum absolute atomic E-state index is 12.8. The highest BCUT2D eigenvalue weighted by Crippen LogP contribution is 2.17. The number of aromatic nitrogens is 2. The first-order valence-electron chi connectivity index (χ1n) is 9.03. The number of nitrogens with one attached hydrogen (secondary N) is 1. The summed E-state index contributed by atoms with van der Waals surface area (Å²) in [6.45, 7) is 7.10. The van der Waals surface area contributed by atoms with Crippen molar-refractivity contribution in [3.05, 3.63) is 88.5 Å². The van der Waals surface area contributed by atoms with Crippen molar-refractivity contribution in [1.29, 1.82) is 0 Å². The molecule has 1 atom stereocenters. The van der Waals surface area contributed by atoms with Crippen molar-refractivity contribution in [2.75, 3.05) is 11.9 Å². The summed E-state index contributed by atoms with van der Waals surface area (Å²) in [5.41, 5.74) is 3.21. The molecular formula is C22H25N3O. The van der Waals surface area contributed by atoms with Gasteiger partial charge in [0.15, 0.2) is 5.82 Å². The average molecular weight is 347 g/mol. The van der Waals surface area contributed by atoms with Gasteiger partial charge in [0.25, 0.3) is 5.56 Å². The second-order valence-corrected chi connectivity index (χ2v) is 6.89. The van der Waals surface area contributed by atoms with Crippen LogP contribution in [-0.4, -0.2) is 16.1 Å². The molecule has 3 rings (SSSR count). The van der Waals surface area contributed by atoms with E-state index in [4.69, 9.17) is 0 Å². The quantitative estimate of drug-likeness (QED) is 0.710. The summed E-state index contributed by atoms with van der Waals surface area (Å²) in [6, 6.07) is 18.3. The van der Waals surface area contributed by atoms with E-state index in [1.165, 1.54) is 11.1 Å². The minimum Gasteiger partial charge on any atom is -0.365 e. The van der Waals surface area contributed by atoms with Gasteiger partial charge in [-0.05, 0) is 35.1 Å². The number of hydrogen-bond acceptors (Lipinski definition) is 3. The highest BCUT2D eigenvalue weighted by molar-refractivity contribution is 5.40. The van der Waals surface area contributed by atoms with E-state index >= 15 is 0 Å². The summed E-state index contributed by atoms with van der Waals surface area (Å²) in [5, 5.41) is 3.21. The molecule has 0 saturated heterocycles. The van der Waals surface area contributed by atoms with E-state index in [0.717, 1.165) is 5.69 Å². The van der Waals surface area contributed by atoms with Gasteiger partial charge >= 0.3 is 0 Å². The molecule has 0 spiro atoms. The summed E-state index contributed by atoms with van der Waals surface area (Å²) in [6.07, 6.45) is 3.37. The summed E-state index contributed by atoms with van der Waals surface area (Å²) in [5.74, 6) is 1.13. The standard InChI is InChI=1S/C22H25N3O/c1-16(2)18-9-11-20(12-10-18)25-14-13-23-21(22(25)26)24-15-17(3)19-7-5-4-6-8-19/h4-14,16-17H,15H2,1-3H3,(H,23,24). The maximum atomic E-state index is 12.8. The van der Waals surface area contributed by atoms with Gasteiger partial charge in [-0.1, -0.05) is 63.2 Å². The smallest absolute Gasteiger partial charge is 0.297 e. The molecule has 1 heterocycles. The fraction of sp³-hybridized carbons (Fsp3) is 0.273. The summed E-state index contributed by atoms with van der Waals surface area (Å²) >= 11 is 0. The lowest BCUT2D eigenvalue weighted by molar-refractivity contribution is 0.796. The van der Waals surface area contributed by atoms with Crippen LogP contribution in [0.3, 0.4) is 0 Å². The largest absolute Gasteiger partial charge is 0.365 e. The van der Waals surface area contributed by atoms with Crippen LogP contribution in [0, 0.1) is 0 Å². The van der Waals surface area contributed by atoms with E-state index in [1.807, 2.05) is 30.3 Å². The third-order valence-electron chi connectivity index (χ3n) is 4.62. The van der Waals surface area contributed by atoms with Crippen molar-refractivity contribution in [3.63, 3.8) is 0 Å². The average Bonchev–Trinajstić information content (AvgIpc) is 2.67. The Hall–Kier alpha value is -2.88. The molecule has 0 aliphatic carbocycles. The molecule has 0 fully saturated rings. The predicted octanol–water partition coefficient (Wildman–Crippen LogP) is 4.57. The third kappa shape index (κ3) is 4.02. The van der Waals surface area contributed by atoms with E-state index < -0.39 is 0 Å². The molecule has 2 aromatic carbocycles. The van der Waals surface area contributed by atoms with Crippen molar-refractivity contribution in [1.82, 2.24) is 9.55 Å². The van der Waals surface area contributed by atoms with Crippen LogP contribution in [0.1, 0.15) is 43.7 Å².